The Kier molecular flexibility index (Phi) is 3.16. The van der Waals surface area contributed by atoms with Crippen LogP contribution >= 0.6 is 11.3 Å². The maximum atomic E-state index is 4.76. The second-order valence-corrected chi connectivity index (χ2v) is 6.57. The quantitative estimate of drug-likeness (QED) is 0.937. The average Bonchev–Trinajstić information content (AvgIpc) is 3.20. The van der Waals surface area contributed by atoms with Crippen molar-refractivity contribution in [1.29, 1.82) is 0 Å². The van der Waals surface area contributed by atoms with Crippen molar-refractivity contribution in [2.75, 3.05) is 11.4 Å². The molecule has 0 spiro atoms. The second-order valence-electron chi connectivity index (χ2n) is 5.56. The van der Waals surface area contributed by atoms with E-state index in [0.29, 0.717) is 6.04 Å². The molecule has 1 saturated carbocycles. The van der Waals surface area contributed by atoms with Gasteiger partial charge in [0.05, 0.1) is 11.9 Å². The summed E-state index contributed by atoms with van der Waals surface area (Å²) in [6.07, 6.45) is 7.50. The molecular formula is C15H18N4S. The Morgan fingerprint density at radius 2 is 2.30 bits per heavy atom. The first-order valence-electron chi connectivity index (χ1n) is 7.23. The Balaban J connectivity index is 1.49. The second kappa shape index (κ2) is 5.14. The van der Waals surface area contributed by atoms with Crippen LogP contribution in [0, 0.1) is 0 Å². The molecule has 1 fully saturated rings. The van der Waals surface area contributed by atoms with Crippen LogP contribution in [0.25, 0.3) is 0 Å². The molecule has 2 aromatic rings. The first-order valence-corrected chi connectivity index (χ1v) is 8.11. The van der Waals surface area contributed by atoms with Gasteiger partial charge in [0.25, 0.3) is 0 Å². The third kappa shape index (κ3) is 2.55. The molecule has 0 saturated heterocycles. The Hall–Kier alpha value is -1.46. The van der Waals surface area contributed by atoms with Crippen molar-refractivity contribution in [1.82, 2.24) is 15.3 Å². The van der Waals surface area contributed by atoms with E-state index in [2.05, 4.69) is 26.6 Å². The van der Waals surface area contributed by atoms with E-state index < -0.39 is 0 Å². The standard InChI is InChI=1S/C15H18N4S/c1-2-12(1)17-8-13-7-16-9-15(18-13)19-5-3-14-11(10-19)4-6-20-14/h4,6-7,9,12,17H,1-3,5,8,10H2. The first-order chi connectivity index (χ1) is 9.88. The van der Waals surface area contributed by atoms with E-state index in [1.165, 1.54) is 23.3 Å². The van der Waals surface area contributed by atoms with Gasteiger partial charge < -0.3 is 10.2 Å². The number of nitrogens with one attached hydrogen (secondary N) is 1. The van der Waals surface area contributed by atoms with E-state index >= 15 is 0 Å². The third-order valence-electron chi connectivity index (χ3n) is 3.95. The number of rotatable bonds is 4. The van der Waals surface area contributed by atoms with Crippen molar-refractivity contribution in [3.63, 3.8) is 0 Å². The minimum absolute atomic E-state index is 0.712. The molecule has 0 bridgehead atoms. The lowest BCUT2D eigenvalue weighted by Gasteiger charge is -2.27. The largest absolute Gasteiger partial charge is 0.351 e. The van der Waals surface area contributed by atoms with Gasteiger partial charge >= 0.3 is 0 Å². The smallest absolute Gasteiger partial charge is 0.147 e. The Morgan fingerprint density at radius 1 is 1.35 bits per heavy atom. The van der Waals surface area contributed by atoms with Crippen LogP contribution in [-0.4, -0.2) is 22.6 Å². The predicted molar refractivity (Wildman–Crippen MR) is 81.0 cm³/mol. The summed E-state index contributed by atoms with van der Waals surface area (Å²) in [6, 6.07) is 2.95. The molecule has 1 aliphatic heterocycles. The SMILES string of the molecule is c1cc2c(s1)CCN(c1cncc(CNC3CC3)n1)C2. The van der Waals surface area contributed by atoms with Crippen molar-refractivity contribution in [3.05, 3.63) is 40.0 Å². The summed E-state index contributed by atoms with van der Waals surface area (Å²) in [7, 11) is 0. The molecule has 2 aliphatic rings. The molecule has 0 radical (unpaired) electrons. The van der Waals surface area contributed by atoms with E-state index in [-0.39, 0.29) is 0 Å². The highest BCUT2D eigenvalue weighted by Crippen LogP contribution is 2.26. The molecule has 3 heterocycles. The number of nitrogens with zero attached hydrogens (tertiary/aromatic N) is 3. The van der Waals surface area contributed by atoms with E-state index in [4.69, 9.17) is 4.98 Å². The highest BCUT2D eigenvalue weighted by Gasteiger charge is 2.21. The molecule has 5 heteroatoms. The monoisotopic (exact) mass is 286 g/mol. The third-order valence-corrected chi connectivity index (χ3v) is 4.98. The summed E-state index contributed by atoms with van der Waals surface area (Å²) < 4.78 is 0. The van der Waals surface area contributed by atoms with Crippen LogP contribution in [0.5, 0.6) is 0 Å². The van der Waals surface area contributed by atoms with Crippen LogP contribution in [0.3, 0.4) is 0 Å². The molecule has 4 nitrogen and oxygen atoms in total. The van der Waals surface area contributed by atoms with Gasteiger partial charge in [0.1, 0.15) is 5.82 Å². The number of hydrogen-bond acceptors (Lipinski definition) is 5. The number of thiophene rings is 1. The zero-order valence-electron chi connectivity index (χ0n) is 11.4. The molecule has 2 aromatic heterocycles. The summed E-state index contributed by atoms with van der Waals surface area (Å²) in [4.78, 5) is 13.0. The molecule has 0 aromatic carbocycles. The molecule has 0 unspecified atom stereocenters. The number of hydrogen-bond donors (Lipinski definition) is 1. The molecule has 104 valence electrons. The van der Waals surface area contributed by atoms with Crippen molar-refractivity contribution >= 4 is 17.2 Å². The van der Waals surface area contributed by atoms with Crippen LogP contribution in [0.1, 0.15) is 29.0 Å². The van der Waals surface area contributed by atoms with Crippen molar-refractivity contribution in [2.24, 2.45) is 0 Å². The highest BCUT2D eigenvalue weighted by atomic mass is 32.1. The summed E-state index contributed by atoms with van der Waals surface area (Å²) in [5.41, 5.74) is 2.50. The van der Waals surface area contributed by atoms with Crippen LogP contribution in [0.15, 0.2) is 23.8 Å². The maximum absolute atomic E-state index is 4.76. The van der Waals surface area contributed by atoms with Gasteiger partial charge in [-0.3, -0.25) is 4.98 Å². The predicted octanol–water partition coefficient (Wildman–Crippen LogP) is 2.35. The van der Waals surface area contributed by atoms with E-state index in [1.54, 1.807) is 0 Å². The molecule has 1 aliphatic carbocycles. The Morgan fingerprint density at radius 3 is 3.20 bits per heavy atom. The summed E-state index contributed by atoms with van der Waals surface area (Å²) in [5.74, 6) is 1.01. The molecule has 4 rings (SSSR count). The van der Waals surface area contributed by atoms with E-state index in [1.807, 2.05) is 23.7 Å². The van der Waals surface area contributed by atoms with Gasteiger partial charge in [-0.15, -0.1) is 11.3 Å². The minimum Gasteiger partial charge on any atom is -0.351 e. The minimum atomic E-state index is 0.712. The fourth-order valence-corrected chi connectivity index (χ4v) is 3.50. The highest BCUT2D eigenvalue weighted by molar-refractivity contribution is 7.10. The maximum Gasteiger partial charge on any atom is 0.147 e. The summed E-state index contributed by atoms with van der Waals surface area (Å²) in [6.45, 7) is 2.85. The molecule has 1 N–H and O–H groups in total. The number of aromatic nitrogens is 2. The van der Waals surface area contributed by atoms with Gasteiger partial charge in [-0.1, -0.05) is 0 Å². The van der Waals surface area contributed by atoms with Gasteiger partial charge in [-0.2, -0.15) is 0 Å². The summed E-state index contributed by atoms with van der Waals surface area (Å²) in [5, 5.41) is 5.69. The lowest BCUT2D eigenvalue weighted by atomic mass is 10.1. The summed E-state index contributed by atoms with van der Waals surface area (Å²) >= 11 is 1.87. The Labute approximate surface area is 122 Å². The lowest BCUT2D eigenvalue weighted by molar-refractivity contribution is 0.665. The zero-order chi connectivity index (χ0) is 13.4. The van der Waals surface area contributed by atoms with Gasteiger partial charge in [0.15, 0.2) is 0 Å². The Bertz CT molecular complexity index is 605. The number of anilines is 1. The zero-order valence-corrected chi connectivity index (χ0v) is 12.2. The van der Waals surface area contributed by atoms with Crippen molar-refractivity contribution < 1.29 is 0 Å². The molecule has 0 amide bonds. The average molecular weight is 286 g/mol. The van der Waals surface area contributed by atoms with Crippen LogP contribution in [-0.2, 0) is 19.5 Å². The van der Waals surface area contributed by atoms with Crippen LogP contribution in [0.2, 0.25) is 0 Å². The fraction of sp³-hybridized carbons (Fsp3) is 0.467. The van der Waals surface area contributed by atoms with Gasteiger partial charge in [-0.25, -0.2) is 4.98 Å². The van der Waals surface area contributed by atoms with Gasteiger partial charge in [-0.05, 0) is 36.3 Å². The first kappa shape index (κ1) is 12.3. The van der Waals surface area contributed by atoms with Crippen LogP contribution in [0.4, 0.5) is 5.82 Å². The topological polar surface area (TPSA) is 41.1 Å². The molecule has 20 heavy (non-hydrogen) atoms. The van der Waals surface area contributed by atoms with Gasteiger partial charge in [0, 0.05) is 36.8 Å². The van der Waals surface area contributed by atoms with E-state index in [0.717, 1.165) is 37.6 Å². The normalized spacial score (nSPS) is 18.1. The van der Waals surface area contributed by atoms with Crippen molar-refractivity contribution in [3.8, 4) is 0 Å². The number of fused-ring (bicyclic) bond motifs is 1. The van der Waals surface area contributed by atoms with Crippen LogP contribution < -0.4 is 10.2 Å². The van der Waals surface area contributed by atoms with Crippen molar-refractivity contribution in [2.45, 2.75) is 38.4 Å². The molecular weight excluding hydrogens is 268 g/mol. The lowest BCUT2D eigenvalue weighted by Crippen LogP contribution is -2.30. The van der Waals surface area contributed by atoms with Gasteiger partial charge in [0.2, 0.25) is 0 Å². The van der Waals surface area contributed by atoms with E-state index in [9.17, 15) is 0 Å². The molecule has 0 atom stereocenters. The fourth-order valence-electron chi connectivity index (χ4n) is 2.61.